The van der Waals surface area contributed by atoms with E-state index in [1.54, 1.807) is 0 Å². The molecule has 0 N–H and O–H groups in total. The van der Waals surface area contributed by atoms with Crippen LogP contribution in [0, 0.1) is 5.92 Å². The van der Waals surface area contributed by atoms with Gasteiger partial charge in [0.1, 0.15) is 0 Å². The van der Waals surface area contributed by atoms with E-state index in [2.05, 4.69) is 55.3 Å². The van der Waals surface area contributed by atoms with E-state index in [9.17, 15) is 13.2 Å². The zero-order valence-electron chi connectivity index (χ0n) is 17.5. The molecule has 0 amide bonds. The number of halogens is 3. The smallest absolute Gasteiger partial charge is 0.299 e. The first-order chi connectivity index (χ1) is 13.9. The average molecular weight is 404 g/mol. The molecular formula is C25H32F3N. The van der Waals surface area contributed by atoms with E-state index in [0.29, 0.717) is 12.5 Å². The predicted octanol–water partition coefficient (Wildman–Crippen LogP) is 6.98. The van der Waals surface area contributed by atoms with Crippen LogP contribution in [-0.2, 0) is 13.0 Å². The van der Waals surface area contributed by atoms with Crippen molar-refractivity contribution in [1.82, 2.24) is 4.90 Å². The second kappa shape index (κ2) is 9.80. The Morgan fingerprint density at radius 3 is 2.24 bits per heavy atom. The fourth-order valence-electron chi connectivity index (χ4n) is 4.61. The van der Waals surface area contributed by atoms with Gasteiger partial charge >= 0.3 is 6.18 Å². The predicted molar refractivity (Wildman–Crippen MR) is 113 cm³/mol. The first-order valence-electron chi connectivity index (χ1n) is 10.8. The number of benzene rings is 2. The van der Waals surface area contributed by atoms with Gasteiger partial charge in [-0.25, -0.2) is 0 Å². The standard InChI is InChI=1S/C25H32F3N/c1-3-24(29(2)18-20-7-5-4-6-8-20)16-11-19-9-12-21(13-10-19)22-14-15-23(17-22)25(26,27)28/h4-10,12-13,22-24H,3,11,14-18H2,1-2H3. The maximum Gasteiger partial charge on any atom is 0.391 e. The van der Waals surface area contributed by atoms with Gasteiger partial charge in [0.25, 0.3) is 0 Å². The Morgan fingerprint density at radius 1 is 0.966 bits per heavy atom. The van der Waals surface area contributed by atoms with Crippen molar-refractivity contribution in [2.24, 2.45) is 5.92 Å². The summed E-state index contributed by atoms with van der Waals surface area (Å²) >= 11 is 0. The monoisotopic (exact) mass is 403 g/mol. The van der Waals surface area contributed by atoms with Crippen molar-refractivity contribution >= 4 is 0 Å². The largest absolute Gasteiger partial charge is 0.391 e. The van der Waals surface area contributed by atoms with E-state index in [0.717, 1.165) is 31.4 Å². The molecule has 0 bridgehead atoms. The molecule has 2 aromatic rings. The quantitative estimate of drug-likeness (QED) is 0.460. The molecule has 1 aliphatic rings. The first kappa shape index (κ1) is 21.9. The molecule has 0 saturated heterocycles. The number of rotatable bonds is 8. The fraction of sp³-hybridized carbons (Fsp3) is 0.520. The maximum atomic E-state index is 12.9. The van der Waals surface area contributed by atoms with Gasteiger partial charge in [-0.2, -0.15) is 13.2 Å². The fourth-order valence-corrected chi connectivity index (χ4v) is 4.61. The lowest BCUT2D eigenvalue weighted by atomic mass is 9.94. The van der Waals surface area contributed by atoms with Crippen molar-refractivity contribution in [3.05, 3.63) is 71.3 Å². The minimum atomic E-state index is -4.05. The molecule has 3 atom stereocenters. The van der Waals surface area contributed by atoms with Gasteiger partial charge in [0, 0.05) is 12.6 Å². The normalized spacial score (nSPS) is 20.9. The van der Waals surface area contributed by atoms with Crippen LogP contribution in [0.15, 0.2) is 54.6 Å². The van der Waals surface area contributed by atoms with Crippen LogP contribution in [0.2, 0.25) is 0 Å². The van der Waals surface area contributed by atoms with Gasteiger partial charge in [0.15, 0.2) is 0 Å². The molecule has 2 aromatic carbocycles. The van der Waals surface area contributed by atoms with Crippen LogP contribution in [0.3, 0.4) is 0 Å². The van der Waals surface area contributed by atoms with Gasteiger partial charge in [-0.05, 0) is 68.2 Å². The summed E-state index contributed by atoms with van der Waals surface area (Å²) in [6.45, 7) is 3.17. The summed E-state index contributed by atoms with van der Waals surface area (Å²) in [4.78, 5) is 2.42. The van der Waals surface area contributed by atoms with E-state index in [1.165, 1.54) is 11.1 Å². The van der Waals surface area contributed by atoms with Crippen molar-refractivity contribution in [1.29, 1.82) is 0 Å². The van der Waals surface area contributed by atoms with E-state index in [4.69, 9.17) is 0 Å². The molecule has 158 valence electrons. The Bertz CT molecular complexity index is 739. The van der Waals surface area contributed by atoms with Crippen LogP contribution in [0.1, 0.15) is 61.6 Å². The third-order valence-electron chi connectivity index (χ3n) is 6.48. The van der Waals surface area contributed by atoms with Crippen LogP contribution >= 0.6 is 0 Å². The molecule has 1 saturated carbocycles. The Morgan fingerprint density at radius 2 is 1.66 bits per heavy atom. The average Bonchev–Trinajstić information content (AvgIpc) is 3.20. The SMILES string of the molecule is CCC(CCc1ccc(C2CCC(C(F)(F)F)C2)cc1)N(C)Cc1ccccc1. The maximum absolute atomic E-state index is 12.9. The van der Waals surface area contributed by atoms with Gasteiger partial charge in [0.2, 0.25) is 0 Å². The van der Waals surface area contributed by atoms with Crippen molar-refractivity contribution in [3.63, 3.8) is 0 Å². The number of aryl methyl sites for hydroxylation is 1. The molecule has 1 nitrogen and oxygen atoms in total. The molecule has 1 fully saturated rings. The summed E-state index contributed by atoms with van der Waals surface area (Å²) < 4.78 is 38.8. The van der Waals surface area contributed by atoms with E-state index in [-0.39, 0.29) is 18.8 Å². The van der Waals surface area contributed by atoms with E-state index in [1.807, 2.05) is 18.2 Å². The van der Waals surface area contributed by atoms with Crippen LogP contribution in [0.5, 0.6) is 0 Å². The molecule has 0 aliphatic heterocycles. The molecular weight excluding hydrogens is 371 g/mol. The molecule has 0 aromatic heterocycles. The highest BCUT2D eigenvalue weighted by atomic mass is 19.4. The van der Waals surface area contributed by atoms with Gasteiger partial charge in [-0.3, -0.25) is 4.90 Å². The second-order valence-electron chi connectivity index (χ2n) is 8.49. The highest BCUT2D eigenvalue weighted by Crippen LogP contribution is 2.45. The number of hydrogen-bond donors (Lipinski definition) is 0. The minimum Gasteiger partial charge on any atom is -0.299 e. The molecule has 1 aliphatic carbocycles. The van der Waals surface area contributed by atoms with Gasteiger partial charge in [0.05, 0.1) is 5.92 Å². The summed E-state index contributed by atoms with van der Waals surface area (Å²) in [6, 6.07) is 19.3. The van der Waals surface area contributed by atoms with Gasteiger partial charge in [-0.15, -0.1) is 0 Å². The molecule has 3 rings (SSSR count). The highest BCUT2D eigenvalue weighted by Gasteiger charge is 2.44. The Balaban J connectivity index is 1.51. The summed E-state index contributed by atoms with van der Waals surface area (Å²) in [5.41, 5.74) is 3.66. The number of alkyl halides is 3. The Labute approximate surface area is 172 Å². The van der Waals surface area contributed by atoms with E-state index >= 15 is 0 Å². The summed E-state index contributed by atoms with van der Waals surface area (Å²) in [5.74, 6) is -1.08. The molecule has 0 heterocycles. The van der Waals surface area contributed by atoms with Gasteiger partial charge < -0.3 is 0 Å². The van der Waals surface area contributed by atoms with Crippen molar-refractivity contribution in [2.75, 3.05) is 7.05 Å². The Hall–Kier alpha value is -1.81. The first-order valence-corrected chi connectivity index (χ1v) is 10.8. The van der Waals surface area contributed by atoms with Crippen molar-refractivity contribution in [2.45, 2.75) is 70.1 Å². The molecule has 0 radical (unpaired) electrons. The minimum absolute atomic E-state index is 0.0519. The van der Waals surface area contributed by atoms with Gasteiger partial charge in [-0.1, -0.05) is 61.5 Å². The third-order valence-corrected chi connectivity index (χ3v) is 6.48. The Kier molecular flexibility index (Phi) is 7.39. The lowest BCUT2D eigenvalue weighted by molar-refractivity contribution is -0.172. The zero-order chi connectivity index (χ0) is 20.9. The molecule has 3 unspecified atom stereocenters. The van der Waals surface area contributed by atoms with Crippen LogP contribution < -0.4 is 0 Å². The van der Waals surface area contributed by atoms with Crippen LogP contribution in [0.25, 0.3) is 0 Å². The summed E-state index contributed by atoms with van der Waals surface area (Å²) in [5, 5.41) is 0. The zero-order valence-corrected chi connectivity index (χ0v) is 17.5. The lowest BCUT2D eigenvalue weighted by Crippen LogP contribution is -2.31. The second-order valence-corrected chi connectivity index (χ2v) is 8.49. The van der Waals surface area contributed by atoms with Crippen molar-refractivity contribution in [3.8, 4) is 0 Å². The topological polar surface area (TPSA) is 3.24 Å². The number of hydrogen-bond acceptors (Lipinski definition) is 1. The highest BCUT2D eigenvalue weighted by molar-refractivity contribution is 5.26. The number of nitrogens with zero attached hydrogens (tertiary/aromatic N) is 1. The summed E-state index contributed by atoms with van der Waals surface area (Å²) in [6.07, 6.45) is 0.281. The summed E-state index contributed by atoms with van der Waals surface area (Å²) in [7, 11) is 2.18. The third kappa shape index (κ3) is 6.08. The van der Waals surface area contributed by atoms with Crippen molar-refractivity contribution < 1.29 is 13.2 Å². The van der Waals surface area contributed by atoms with Crippen LogP contribution in [-0.4, -0.2) is 24.2 Å². The molecule has 29 heavy (non-hydrogen) atoms. The van der Waals surface area contributed by atoms with E-state index < -0.39 is 12.1 Å². The molecule has 0 spiro atoms. The van der Waals surface area contributed by atoms with Crippen LogP contribution in [0.4, 0.5) is 13.2 Å². The lowest BCUT2D eigenvalue weighted by Gasteiger charge is -2.27. The molecule has 4 heteroatoms.